The summed E-state index contributed by atoms with van der Waals surface area (Å²) in [7, 11) is 0. The molecule has 0 saturated carbocycles. The van der Waals surface area contributed by atoms with Crippen LogP contribution in [0.4, 0.5) is 17.1 Å². The van der Waals surface area contributed by atoms with E-state index in [1.165, 1.54) is 17.7 Å². The number of nitrogens with one attached hydrogen (secondary N) is 2. The quantitative estimate of drug-likeness (QED) is 0.630. The third-order valence-electron chi connectivity index (χ3n) is 3.50. The van der Waals surface area contributed by atoms with Gasteiger partial charge >= 0.3 is 0 Å². The fourth-order valence-electron chi connectivity index (χ4n) is 2.13. The van der Waals surface area contributed by atoms with Crippen molar-refractivity contribution in [1.29, 1.82) is 0 Å². The summed E-state index contributed by atoms with van der Waals surface area (Å²) in [5, 5.41) is 16.6. The summed E-state index contributed by atoms with van der Waals surface area (Å²) in [6.45, 7) is 3.78. The number of anilines is 2. The molecular weight excluding hydrogens is 294 g/mol. The Morgan fingerprint density at radius 3 is 2.43 bits per heavy atom. The maximum atomic E-state index is 12.2. The molecule has 0 aromatic heterocycles. The van der Waals surface area contributed by atoms with E-state index in [1.807, 2.05) is 24.3 Å². The first kappa shape index (κ1) is 16.5. The number of nitro groups is 1. The maximum Gasteiger partial charge on any atom is 0.292 e. The van der Waals surface area contributed by atoms with Crippen LogP contribution in [-0.4, -0.2) is 16.9 Å². The Kier molecular flexibility index (Phi) is 5.30. The second-order valence-corrected chi connectivity index (χ2v) is 5.18. The highest BCUT2D eigenvalue weighted by Crippen LogP contribution is 2.23. The summed E-state index contributed by atoms with van der Waals surface area (Å²) in [5.41, 5.74) is 2.11. The molecule has 2 aromatic rings. The van der Waals surface area contributed by atoms with Crippen LogP contribution in [0.25, 0.3) is 0 Å². The molecule has 0 aliphatic heterocycles. The molecule has 0 spiro atoms. The number of aryl methyl sites for hydroxylation is 1. The lowest BCUT2D eigenvalue weighted by Gasteiger charge is -2.15. The third-order valence-corrected chi connectivity index (χ3v) is 3.50. The van der Waals surface area contributed by atoms with Gasteiger partial charge in [0.1, 0.15) is 11.7 Å². The standard InChI is InChI=1S/C17H19N3O3/c1-3-13-8-10-14(11-9-13)18-12(2)17(21)19-15-6-4-5-7-16(15)20(22)23/h4-12,18H,3H2,1-2H3,(H,19,21)/t12-/m0/s1. The Bertz CT molecular complexity index is 698. The number of benzene rings is 2. The van der Waals surface area contributed by atoms with Gasteiger partial charge in [0.15, 0.2) is 0 Å². The molecule has 0 radical (unpaired) electrons. The predicted molar refractivity (Wildman–Crippen MR) is 90.6 cm³/mol. The van der Waals surface area contributed by atoms with Gasteiger partial charge in [-0.05, 0) is 37.1 Å². The van der Waals surface area contributed by atoms with Crippen LogP contribution in [0.5, 0.6) is 0 Å². The van der Waals surface area contributed by atoms with E-state index in [9.17, 15) is 14.9 Å². The van der Waals surface area contributed by atoms with E-state index >= 15 is 0 Å². The van der Waals surface area contributed by atoms with Crippen LogP contribution in [0.15, 0.2) is 48.5 Å². The van der Waals surface area contributed by atoms with E-state index in [0.29, 0.717) is 0 Å². The van der Waals surface area contributed by atoms with Crippen molar-refractivity contribution in [1.82, 2.24) is 0 Å². The zero-order valence-corrected chi connectivity index (χ0v) is 13.1. The summed E-state index contributed by atoms with van der Waals surface area (Å²) >= 11 is 0. The molecule has 0 bridgehead atoms. The molecule has 2 N–H and O–H groups in total. The minimum Gasteiger partial charge on any atom is -0.374 e. The second-order valence-electron chi connectivity index (χ2n) is 5.18. The molecule has 0 unspecified atom stereocenters. The number of nitrogens with zero attached hydrogens (tertiary/aromatic N) is 1. The molecule has 0 aliphatic rings. The fourth-order valence-corrected chi connectivity index (χ4v) is 2.13. The Morgan fingerprint density at radius 1 is 1.17 bits per heavy atom. The topological polar surface area (TPSA) is 84.3 Å². The first-order valence-corrected chi connectivity index (χ1v) is 7.41. The van der Waals surface area contributed by atoms with Gasteiger partial charge in [-0.3, -0.25) is 14.9 Å². The average Bonchev–Trinajstić information content (AvgIpc) is 2.55. The van der Waals surface area contributed by atoms with E-state index < -0.39 is 11.0 Å². The van der Waals surface area contributed by atoms with Crippen LogP contribution in [0, 0.1) is 10.1 Å². The molecule has 6 nitrogen and oxygen atoms in total. The van der Waals surface area contributed by atoms with Crippen molar-refractivity contribution >= 4 is 23.0 Å². The van der Waals surface area contributed by atoms with Gasteiger partial charge < -0.3 is 10.6 Å². The molecule has 0 heterocycles. The van der Waals surface area contributed by atoms with Gasteiger partial charge in [-0.1, -0.05) is 31.2 Å². The van der Waals surface area contributed by atoms with Crippen LogP contribution in [0.3, 0.4) is 0 Å². The molecule has 6 heteroatoms. The van der Waals surface area contributed by atoms with Crippen LogP contribution < -0.4 is 10.6 Å². The molecular formula is C17H19N3O3. The number of amides is 1. The summed E-state index contributed by atoms with van der Waals surface area (Å²) in [6.07, 6.45) is 0.952. The molecule has 0 saturated heterocycles. The lowest BCUT2D eigenvalue weighted by Crippen LogP contribution is -2.32. The minimum absolute atomic E-state index is 0.125. The number of rotatable bonds is 6. The lowest BCUT2D eigenvalue weighted by molar-refractivity contribution is -0.383. The largest absolute Gasteiger partial charge is 0.374 e. The van der Waals surface area contributed by atoms with Gasteiger partial charge in [0.05, 0.1) is 4.92 Å². The summed E-state index contributed by atoms with van der Waals surface area (Å²) in [6, 6.07) is 13.4. The lowest BCUT2D eigenvalue weighted by atomic mass is 10.1. The number of hydrogen-bond donors (Lipinski definition) is 2. The summed E-state index contributed by atoms with van der Waals surface area (Å²) in [5.74, 6) is -0.334. The van der Waals surface area contributed by atoms with E-state index in [0.717, 1.165) is 12.1 Å². The predicted octanol–water partition coefficient (Wildman–Crippen LogP) is 3.60. The van der Waals surface area contributed by atoms with E-state index in [1.54, 1.807) is 19.1 Å². The second kappa shape index (κ2) is 7.40. The Hall–Kier alpha value is -2.89. The van der Waals surface area contributed by atoms with Crippen LogP contribution >= 0.6 is 0 Å². The van der Waals surface area contributed by atoms with Crippen LogP contribution in [-0.2, 0) is 11.2 Å². The van der Waals surface area contributed by atoms with Crippen molar-refractivity contribution in [3.63, 3.8) is 0 Å². The van der Waals surface area contributed by atoms with Crippen molar-refractivity contribution in [3.8, 4) is 0 Å². The molecule has 0 aliphatic carbocycles. The highest BCUT2D eigenvalue weighted by Gasteiger charge is 2.18. The minimum atomic E-state index is -0.526. The number of hydrogen-bond acceptors (Lipinski definition) is 4. The average molecular weight is 313 g/mol. The van der Waals surface area contributed by atoms with Gasteiger partial charge in [0, 0.05) is 11.8 Å². The summed E-state index contributed by atoms with van der Waals surface area (Å²) in [4.78, 5) is 22.7. The first-order chi connectivity index (χ1) is 11.0. The number of carbonyl (C=O) groups is 1. The molecule has 23 heavy (non-hydrogen) atoms. The first-order valence-electron chi connectivity index (χ1n) is 7.41. The third kappa shape index (κ3) is 4.29. The number of para-hydroxylation sites is 2. The van der Waals surface area contributed by atoms with Crippen molar-refractivity contribution in [2.24, 2.45) is 0 Å². The highest BCUT2D eigenvalue weighted by molar-refractivity contribution is 5.97. The SMILES string of the molecule is CCc1ccc(N[C@@H](C)C(=O)Nc2ccccc2[N+](=O)[O-])cc1. The number of carbonyl (C=O) groups excluding carboxylic acids is 1. The van der Waals surface area contributed by atoms with E-state index in [4.69, 9.17) is 0 Å². The van der Waals surface area contributed by atoms with Crippen molar-refractivity contribution in [2.75, 3.05) is 10.6 Å². The number of nitro benzene ring substituents is 1. The van der Waals surface area contributed by atoms with Gasteiger partial charge in [-0.25, -0.2) is 0 Å². The molecule has 1 amide bonds. The normalized spacial score (nSPS) is 11.6. The van der Waals surface area contributed by atoms with Gasteiger partial charge in [0.2, 0.25) is 5.91 Å². The van der Waals surface area contributed by atoms with Crippen LogP contribution in [0.1, 0.15) is 19.4 Å². The fraction of sp³-hybridized carbons (Fsp3) is 0.235. The summed E-state index contributed by atoms with van der Waals surface area (Å²) < 4.78 is 0. The molecule has 1 atom stereocenters. The van der Waals surface area contributed by atoms with Crippen molar-refractivity contribution in [2.45, 2.75) is 26.3 Å². The maximum absolute atomic E-state index is 12.2. The van der Waals surface area contributed by atoms with Crippen molar-refractivity contribution in [3.05, 3.63) is 64.2 Å². The Labute approximate surface area is 134 Å². The zero-order chi connectivity index (χ0) is 16.8. The Balaban J connectivity index is 2.04. The smallest absolute Gasteiger partial charge is 0.292 e. The molecule has 2 rings (SSSR count). The molecule has 2 aromatic carbocycles. The molecule has 0 fully saturated rings. The van der Waals surface area contributed by atoms with Gasteiger partial charge in [0.25, 0.3) is 5.69 Å². The zero-order valence-electron chi connectivity index (χ0n) is 13.1. The monoisotopic (exact) mass is 313 g/mol. The van der Waals surface area contributed by atoms with Crippen molar-refractivity contribution < 1.29 is 9.72 Å². The van der Waals surface area contributed by atoms with Crippen LogP contribution in [0.2, 0.25) is 0 Å². The van der Waals surface area contributed by atoms with Gasteiger partial charge in [-0.2, -0.15) is 0 Å². The highest BCUT2D eigenvalue weighted by atomic mass is 16.6. The Morgan fingerprint density at radius 2 is 1.83 bits per heavy atom. The van der Waals surface area contributed by atoms with Gasteiger partial charge in [-0.15, -0.1) is 0 Å². The molecule has 120 valence electrons. The van der Waals surface area contributed by atoms with E-state index in [2.05, 4.69) is 17.6 Å². The van der Waals surface area contributed by atoms with E-state index in [-0.39, 0.29) is 17.3 Å².